The summed E-state index contributed by atoms with van der Waals surface area (Å²) in [4.78, 5) is 22.9. The van der Waals surface area contributed by atoms with Gasteiger partial charge in [0, 0.05) is 31.0 Å². The fraction of sp³-hybridized carbons (Fsp3) is 0.643. The maximum Gasteiger partial charge on any atom is 0.246 e. The van der Waals surface area contributed by atoms with Crippen LogP contribution in [0, 0.1) is 34.5 Å². The van der Waals surface area contributed by atoms with E-state index in [1.165, 1.54) is 32.1 Å². The van der Waals surface area contributed by atoms with Crippen molar-refractivity contribution in [2.45, 2.75) is 64.8 Å². The number of carbonyl (C=O) groups excluding carboxylic acids is 1. The number of benzene rings is 1. The Bertz CT molecular complexity index is 1120. The van der Waals surface area contributed by atoms with E-state index in [1.807, 2.05) is 24.1 Å². The van der Waals surface area contributed by atoms with Crippen molar-refractivity contribution < 1.29 is 9.53 Å². The van der Waals surface area contributed by atoms with Crippen molar-refractivity contribution in [3.05, 3.63) is 36.2 Å². The third-order valence-electron chi connectivity index (χ3n) is 10.5. The molecule has 0 saturated heterocycles. The summed E-state index contributed by atoms with van der Waals surface area (Å²) >= 11 is 0. The highest BCUT2D eigenvalue weighted by molar-refractivity contribution is 5.89. The minimum atomic E-state index is 0.128. The Balaban J connectivity index is 1.25. The first-order valence-corrected chi connectivity index (χ1v) is 12.8. The number of aromatic nitrogens is 2. The average molecular weight is 448 g/mol. The van der Waals surface area contributed by atoms with E-state index in [9.17, 15) is 4.79 Å². The van der Waals surface area contributed by atoms with Gasteiger partial charge in [0.1, 0.15) is 11.6 Å². The van der Waals surface area contributed by atoms with Crippen LogP contribution < -0.4 is 4.74 Å². The fourth-order valence-corrected chi connectivity index (χ4v) is 8.68. The lowest BCUT2D eigenvalue weighted by atomic mass is 9.47. The van der Waals surface area contributed by atoms with Crippen molar-refractivity contribution in [3.8, 4) is 5.75 Å². The van der Waals surface area contributed by atoms with Crippen LogP contribution in [0.25, 0.3) is 11.0 Å². The predicted molar refractivity (Wildman–Crippen MR) is 130 cm³/mol. The number of H-pyrrole nitrogens is 1. The van der Waals surface area contributed by atoms with Gasteiger partial charge in [-0.25, -0.2) is 4.98 Å². The standard InChI is InChI=1S/C28H37N3O2/c1-27-13-11-21-19(7-10-24-28(21,2)14-12-26(32)31(24)3)20(27)8-5-17(27)15-25-29-22-9-6-18(33-4)16-23(22)30-25/h6,9,12,14,16-17,19-21,24H,5,7-8,10-11,13,15H2,1-4H3,(H,29,30)/t17?,19-,20-,21+,24?,27+,28+/m0/s1. The molecule has 1 amide bonds. The maximum absolute atomic E-state index is 12.3. The Morgan fingerprint density at radius 3 is 2.82 bits per heavy atom. The molecule has 0 radical (unpaired) electrons. The molecular weight excluding hydrogens is 410 g/mol. The topological polar surface area (TPSA) is 58.2 Å². The molecule has 6 rings (SSSR count). The van der Waals surface area contributed by atoms with E-state index in [0.717, 1.165) is 47.3 Å². The molecule has 5 nitrogen and oxygen atoms in total. The van der Waals surface area contributed by atoms with Gasteiger partial charge in [0.15, 0.2) is 0 Å². The first kappa shape index (κ1) is 21.2. The van der Waals surface area contributed by atoms with Gasteiger partial charge < -0.3 is 14.6 Å². The van der Waals surface area contributed by atoms with Crippen molar-refractivity contribution in [2.75, 3.05) is 14.2 Å². The lowest BCUT2D eigenvalue weighted by Crippen LogP contribution is -2.59. The molecule has 5 heteroatoms. The lowest BCUT2D eigenvalue weighted by molar-refractivity contribution is -0.138. The van der Waals surface area contributed by atoms with Crippen molar-refractivity contribution in [1.82, 2.24) is 14.9 Å². The van der Waals surface area contributed by atoms with Crippen LogP contribution >= 0.6 is 0 Å². The molecule has 1 aromatic carbocycles. The van der Waals surface area contributed by atoms with Gasteiger partial charge in [-0.05, 0) is 85.8 Å². The third kappa shape index (κ3) is 3.03. The van der Waals surface area contributed by atoms with Gasteiger partial charge in [0.25, 0.3) is 0 Å². The van der Waals surface area contributed by atoms with Gasteiger partial charge in [-0.3, -0.25) is 4.79 Å². The van der Waals surface area contributed by atoms with Crippen molar-refractivity contribution >= 4 is 16.9 Å². The van der Waals surface area contributed by atoms with E-state index in [1.54, 1.807) is 7.11 Å². The molecule has 7 atom stereocenters. The Labute approximate surface area is 197 Å². The Morgan fingerprint density at radius 2 is 2.00 bits per heavy atom. The van der Waals surface area contributed by atoms with E-state index >= 15 is 0 Å². The van der Waals surface area contributed by atoms with Gasteiger partial charge in [-0.1, -0.05) is 19.9 Å². The van der Waals surface area contributed by atoms with Crippen LogP contribution in [0.4, 0.5) is 0 Å². The third-order valence-corrected chi connectivity index (χ3v) is 10.5. The molecule has 1 aliphatic heterocycles. The minimum Gasteiger partial charge on any atom is -0.497 e. The van der Waals surface area contributed by atoms with Crippen LogP contribution in [-0.2, 0) is 11.2 Å². The zero-order chi connectivity index (χ0) is 23.0. The molecule has 3 fully saturated rings. The number of amides is 1. The number of methoxy groups -OCH3 is 1. The first-order valence-electron chi connectivity index (χ1n) is 12.8. The molecule has 2 aromatic rings. The Hall–Kier alpha value is -2.30. The average Bonchev–Trinajstić information content (AvgIpc) is 3.36. The molecule has 33 heavy (non-hydrogen) atoms. The lowest BCUT2D eigenvalue weighted by Gasteiger charge is -2.60. The molecule has 4 aliphatic rings. The van der Waals surface area contributed by atoms with Crippen molar-refractivity contribution in [2.24, 2.45) is 34.5 Å². The molecule has 1 aromatic heterocycles. The van der Waals surface area contributed by atoms with Crippen LogP contribution in [0.1, 0.15) is 58.2 Å². The van der Waals surface area contributed by atoms with Gasteiger partial charge in [-0.2, -0.15) is 0 Å². The van der Waals surface area contributed by atoms with Crippen LogP contribution in [0.5, 0.6) is 5.75 Å². The SMILES string of the molecule is COc1ccc2nc(CC3CC[C@H]4[C@@H]5CCC6N(C)C(=O)C=C[C@]6(C)[C@@H]5CC[C@]34C)[nH]c2c1. The summed E-state index contributed by atoms with van der Waals surface area (Å²) in [5.41, 5.74) is 2.62. The monoisotopic (exact) mass is 447 g/mol. The molecule has 2 heterocycles. The quantitative estimate of drug-likeness (QED) is 0.688. The summed E-state index contributed by atoms with van der Waals surface area (Å²) in [5.74, 6) is 5.12. The minimum absolute atomic E-state index is 0.128. The van der Waals surface area contributed by atoms with Gasteiger partial charge in [0.05, 0.1) is 18.1 Å². The van der Waals surface area contributed by atoms with Crippen molar-refractivity contribution in [3.63, 3.8) is 0 Å². The van der Waals surface area contributed by atoms with E-state index < -0.39 is 0 Å². The number of hydrogen-bond acceptors (Lipinski definition) is 3. The second-order valence-corrected chi connectivity index (χ2v) is 11.7. The smallest absolute Gasteiger partial charge is 0.246 e. The molecule has 0 bridgehead atoms. The summed E-state index contributed by atoms with van der Waals surface area (Å²) in [7, 11) is 3.72. The summed E-state index contributed by atoms with van der Waals surface area (Å²) in [6, 6.07) is 6.46. The molecule has 176 valence electrons. The maximum atomic E-state index is 12.3. The van der Waals surface area contributed by atoms with Gasteiger partial charge >= 0.3 is 0 Å². The molecule has 1 N–H and O–H groups in total. The largest absolute Gasteiger partial charge is 0.497 e. The number of nitrogens with one attached hydrogen (secondary N) is 1. The second-order valence-electron chi connectivity index (χ2n) is 11.7. The number of aromatic amines is 1. The van der Waals surface area contributed by atoms with E-state index in [-0.39, 0.29) is 11.3 Å². The molecular formula is C28H37N3O2. The normalized spacial score (nSPS) is 39.9. The highest BCUT2D eigenvalue weighted by atomic mass is 16.5. The second kappa shape index (κ2) is 7.35. The van der Waals surface area contributed by atoms with Crippen LogP contribution in [-0.4, -0.2) is 41.0 Å². The first-order chi connectivity index (χ1) is 15.8. The van der Waals surface area contributed by atoms with E-state index in [4.69, 9.17) is 9.72 Å². The van der Waals surface area contributed by atoms with Gasteiger partial charge in [-0.15, -0.1) is 0 Å². The molecule has 0 spiro atoms. The number of carbonyl (C=O) groups is 1. The predicted octanol–water partition coefficient (Wildman–Crippen LogP) is 5.37. The zero-order valence-electron chi connectivity index (χ0n) is 20.4. The summed E-state index contributed by atoms with van der Waals surface area (Å²) in [5, 5.41) is 0. The molecule has 3 aliphatic carbocycles. The summed E-state index contributed by atoms with van der Waals surface area (Å²) < 4.78 is 5.39. The molecule has 2 unspecified atom stereocenters. The zero-order valence-corrected chi connectivity index (χ0v) is 20.4. The van der Waals surface area contributed by atoms with Crippen LogP contribution in [0.2, 0.25) is 0 Å². The number of ether oxygens (including phenoxy) is 1. The number of hydrogen-bond donors (Lipinski definition) is 1. The highest BCUT2D eigenvalue weighted by Gasteiger charge is 2.60. The van der Waals surface area contributed by atoms with E-state index in [0.29, 0.717) is 23.3 Å². The van der Waals surface area contributed by atoms with Crippen LogP contribution in [0.15, 0.2) is 30.4 Å². The number of imidazole rings is 1. The van der Waals surface area contributed by atoms with E-state index in [2.05, 4.69) is 37.0 Å². The van der Waals surface area contributed by atoms with Crippen LogP contribution in [0.3, 0.4) is 0 Å². The highest BCUT2D eigenvalue weighted by Crippen LogP contribution is 2.65. The van der Waals surface area contributed by atoms with Gasteiger partial charge in [0.2, 0.25) is 5.91 Å². The summed E-state index contributed by atoms with van der Waals surface area (Å²) in [6.07, 6.45) is 12.8. The molecule has 3 saturated carbocycles. The number of likely N-dealkylation sites (N-methyl/N-ethyl adjacent to an activating group) is 1. The number of nitrogens with zero attached hydrogens (tertiary/aromatic N) is 2. The Morgan fingerprint density at radius 1 is 1.15 bits per heavy atom. The summed E-state index contributed by atoms with van der Waals surface area (Å²) in [6.45, 7) is 5.02. The fourth-order valence-electron chi connectivity index (χ4n) is 8.68. The van der Waals surface area contributed by atoms with Crippen molar-refractivity contribution in [1.29, 1.82) is 0 Å². The number of fused-ring (bicyclic) bond motifs is 6. The Kier molecular flexibility index (Phi) is 4.73. The number of rotatable bonds is 3.